The summed E-state index contributed by atoms with van der Waals surface area (Å²) in [6.07, 6.45) is 4.06. The Labute approximate surface area is 90.8 Å². The number of furan rings is 1. The predicted molar refractivity (Wildman–Crippen MR) is 58.6 cm³/mol. The Hall–Kier alpha value is -0.800. The van der Waals surface area contributed by atoms with Crippen LogP contribution in [0.4, 0.5) is 0 Å². The van der Waals surface area contributed by atoms with Crippen molar-refractivity contribution in [2.45, 2.75) is 32.4 Å². The molecule has 1 fully saturated rings. The minimum absolute atomic E-state index is 0.541. The van der Waals surface area contributed by atoms with E-state index in [4.69, 9.17) is 9.15 Å². The number of hydrogen-bond donors (Lipinski definition) is 1. The average Bonchev–Trinajstić information content (AvgIpc) is 2.80. The second-order valence-electron chi connectivity index (χ2n) is 4.20. The molecule has 1 aliphatic rings. The maximum absolute atomic E-state index is 5.35. The Kier molecular flexibility index (Phi) is 3.80. The molecule has 0 saturated carbocycles. The first kappa shape index (κ1) is 10.7. The van der Waals surface area contributed by atoms with Gasteiger partial charge in [0.15, 0.2) is 0 Å². The smallest absolute Gasteiger partial charge is 0.117 e. The summed E-state index contributed by atoms with van der Waals surface area (Å²) in [6, 6.07) is 4.47. The highest BCUT2D eigenvalue weighted by molar-refractivity contribution is 4.97. The van der Waals surface area contributed by atoms with Crippen molar-refractivity contribution in [2.24, 2.45) is 5.92 Å². The van der Waals surface area contributed by atoms with E-state index in [1.54, 1.807) is 6.26 Å². The van der Waals surface area contributed by atoms with Crippen LogP contribution in [-0.4, -0.2) is 19.3 Å². The molecule has 3 heteroatoms. The minimum Gasteiger partial charge on any atom is -0.468 e. The van der Waals surface area contributed by atoms with Crippen LogP contribution in [0.3, 0.4) is 0 Å². The Balaban J connectivity index is 1.74. The molecule has 1 unspecified atom stereocenters. The van der Waals surface area contributed by atoms with Gasteiger partial charge in [-0.2, -0.15) is 0 Å². The third-order valence-electron chi connectivity index (χ3n) is 3.15. The summed E-state index contributed by atoms with van der Waals surface area (Å²) < 4.78 is 10.6. The van der Waals surface area contributed by atoms with Crippen molar-refractivity contribution in [3.63, 3.8) is 0 Å². The first-order chi connectivity index (χ1) is 7.36. The Morgan fingerprint density at radius 2 is 2.27 bits per heavy atom. The fourth-order valence-electron chi connectivity index (χ4n) is 2.06. The topological polar surface area (TPSA) is 34.4 Å². The molecule has 2 rings (SSSR count). The van der Waals surface area contributed by atoms with Gasteiger partial charge in [0.05, 0.1) is 12.8 Å². The van der Waals surface area contributed by atoms with Crippen LogP contribution in [0.1, 0.15) is 25.5 Å². The van der Waals surface area contributed by atoms with Gasteiger partial charge in [0.2, 0.25) is 0 Å². The van der Waals surface area contributed by atoms with Gasteiger partial charge in [0.25, 0.3) is 0 Å². The lowest BCUT2D eigenvalue weighted by Crippen LogP contribution is -2.36. The number of rotatable bonds is 4. The maximum Gasteiger partial charge on any atom is 0.117 e. The van der Waals surface area contributed by atoms with Gasteiger partial charge in [0.1, 0.15) is 5.76 Å². The molecule has 1 aromatic rings. The van der Waals surface area contributed by atoms with E-state index in [0.717, 1.165) is 31.4 Å². The second-order valence-corrected chi connectivity index (χ2v) is 4.20. The third kappa shape index (κ3) is 3.08. The predicted octanol–water partition coefficient (Wildman–Crippen LogP) is 2.18. The quantitative estimate of drug-likeness (QED) is 0.825. The lowest BCUT2D eigenvalue weighted by atomic mass is 9.93. The molecule has 0 radical (unpaired) electrons. The second kappa shape index (κ2) is 5.33. The van der Waals surface area contributed by atoms with Crippen molar-refractivity contribution in [3.05, 3.63) is 24.2 Å². The van der Waals surface area contributed by atoms with Crippen molar-refractivity contribution in [1.29, 1.82) is 0 Å². The van der Waals surface area contributed by atoms with Crippen molar-refractivity contribution >= 4 is 0 Å². The fourth-order valence-corrected chi connectivity index (χ4v) is 2.06. The van der Waals surface area contributed by atoms with Gasteiger partial charge in [-0.1, -0.05) is 0 Å². The van der Waals surface area contributed by atoms with Gasteiger partial charge >= 0.3 is 0 Å². The first-order valence-electron chi connectivity index (χ1n) is 5.70. The van der Waals surface area contributed by atoms with E-state index in [-0.39, 0.29) is 0 Å². The monoisotopic (exact) mass is 209 g/mol. The van der Waals surface area contributed by atoms with Crippen molar-refractivity contribution < 1.29 is 9.15 Å². The number of nitrogens with one attached hydrogen (secondary N) is 1. The van der Waals surface area contributed by atoms with Gasteiger partial charge in [-0.15, -0.1) is 0 Å². The zero-order valence-electron chi connectivity index (χ0n) is 9.24. The zero-order chi connectivity index (χ0) is 10.5. The van der Waals surface area contributed by atoms with Crippen molar-refractivity contribution in [2.75, 3.05) is 13.2 Å². The van der Waals surface area contributed by atoms with E-state index in [2.05, 4.69) is 12.2 Å². The maximum atomic E-state index is 5.35. The average molecular weight is 209 g/mol. The molecule has 84 valence electrons. The molecule has 0 aromatic carbocycles. The van der Waals surface area contributed by atoms with Gasteiger partial charge in [0, 0.05) is 19.3 Å². The summed E-state index contributed by atoms with van der Waals surface area (Å²) in [6.45, 7) is 4.90. The molecular weight excluding hydrogens is 190 g/mol. The van der Waals surface area contributed by atoms with Gasteiger partial charge in [-0.25, -0.2) is 0 Å². The molecule has 1 atom stereocenters. The van der Waals surface area contributed by atoms with Crippen LogP contribution in [-0.2, 0) is 11.3 Å². The summed E-state index contributed by atoms with van der Waals surface area (Å²) in [5.74, 6) is 1.75. The van der Waals surface area contributed by atoms with Crippen LogP contribution in [0.2, 0.25) is 0 Å². The van der Waals surface area contributed by atoms with Crippen LogP contribution < -0.4 is 5.32 Å². The summed E-state index contributed by atoms with van der Waals surface area (Å²) in [5, 5.41) is 3.51. The Bertz CT molecular complexity index is 265. The van der Waals surface area contributed by atoms with Crippen LogP contribution in [0, 0.1) is 5.92 Å². The van der Waals surface area contributed by atoms with Crippen LogP contribution in [0.5, 0.6) is 0 Å². The van der Waals surface area contributed by atoms with E-state index in [1.165, 1.54) is 12.8 Å². The SMILES string of the molecule is CC(NCc1ccco1)C1CCOCC1. The molecule has 0 bridgehead atoms. The number of ether oxygens (including phenoxy) is 1. The summed E-state index contributed by atoms with van der Waals surface area (Å²) in [5.41, 5.74) is 0. The number of hydrogen-bond acceptors (Lipinski definition) is 3. The van der Waals surface area contributed by atoms with Crippen LogP contribution >= 0.6 is 0 Å². The Morgan fingerprint density at radius 1 is 1.47 bits per heavy atom. The molecule has 1 saturated heterocycles. The first-order valence-corrected chi connectivity index (χ1v) is 5.70. The summed E-state index contributed by atoms with van der Waals surface area (Å²) >= 11 is 0. The van der Waals surface area contributed by atoms with Gasteiger partial charge in [-0.3, -0.25) is 0 Å². The highest BCUT2D eigenvalue weighted by Gasteiger charge is 2.19. The van der Waals surface area contributed by atoms with Crippen molar-refractivity contribution in [1.82, 2.24) is 5.32 Å². The lowest BCUT2D eigenvalue weighted by Gasteiger charge is -2.28. The van der Waals surface area contributed by atoms with Gasteiger partial charge in [-0.05, 0) is 37.8 Å². The normalized spacial score (nSPS) is 20.3. The lowest BCUT2D eigenvalue weighted by molar-refractivity contribution is 0.0555. The molecule has 2 heterocycles. The van der Waals surface area contributed by atoms with E-state index in [9.17, 15) is 0 Å². The molecular formula is C12H19NO2. The van der Waals surface area contributed by atoms with E-state index >= 15 is 0 Å². The molecule has 3 nitrogen and oxygen atoms in total. The third-order valence-corrected chi connectivity index (χ3v) is 3.15. The fraction of sp³-hybridized carbons (Fsp3) is 0.667. The van der Waals surface area contributed by atoms with Gasteiger partial charge < -0.3 is 14.5 Å². The highest BCUT2D eigenvalue weighted by atomic mass is 16.5. The molecule has 1 N–H and O–H groups in total. The van der Waals surface area contributed by atoms with E-state index < -0.39 is 0 Å². The zero-order valence-corrected chi connectivity index (χ0v) is 9.24. The highest BCUT2D eigenvalue weighted by Crippen LogP contribution is 2.18. The minimum atomic E-state index is 0.541. The molecule has 0 spiro atoms. The summed E-state index contributed by atoms with van der Waals surface area (Å²) in [4.78, 5) is 0. The largest absolute Gasteiger partial charge is 0.468 e. The Morgan fingerprint density at radius 3 is 2.93 bits per heavy atom. The van der Waals surface area contributed by atoms with E-state index in [1.807, 2.05) is 12.1 Å². The standard InChI is InChI=1S/C12H19NO2/c1-10(11-4-7-14-8-5-11)13-9-12-3-2-6-15-12/h2-3,6,10-11,13H,4-5,7-9H2,1H3. The van der Waals surface area contributed by atoms with Crippen LogP contribution in [0.25, 0.3) is 0 Å². The molecule has 0 aliphatic carbocycles. The van der Waals surface area contributed by atoms with E-state index in [0.29, 0.717) is 6.04 Å². The molecule has 1 aromatic heterocycles. The molecule has 1 aliphatic heterocycles. The van der Waals surface area contributed by atoms with Crippen molar-refractivity contribution in [3.8, 4) is 0 Å². The molecule has 15 heavy (non-hydrogen) atoms. The van der Waals surface area contributed by atoms with Crippen LogP contribution in [0.15, 0.2) is 22.8 Å². The molecule has 0 amide bonds. The summed E-state index contributed by atoms with van der Waals surface area (Å²) in [7, 11) is 0.